The number of thioether (sulfide) groups is 1. The number of pyridine rings is 1. The smallest absolute Gasteiger partial charge is 0.191 e. The fourth-order valence-electron chi connectivity index (χ4n) is 3.05. The van der Waals surface area contributed by atoms with Crippen molar-refractivity contribution in [3.63, 3.8) is 0 Å². The molecular weight excluding hydrogens is 454 g/mol. The highest BCUT2D eigenvalue weighted by Crippen LogP contribution is 2.23. The topological polar surface area (TPSA) is 105 Å². The third kappa shape index (κ3) is 6.36. The molecule has 3 aromatic heterocycles. The summed E-state index contributed by atoms with van der Waals surface area (Å²) < 4.78 is 1.82. The Morgan fingerprint density at radius 2 is 1.97 bits per heavy atom. The third-order valence-corrected chi connectivity index (χ3v) is 5.87. The highest BCUT2D eigenvalue weighted by atomic mass is 32.2. The van der Waals surface area contributed by atoms with Gasteiger partial charge >= 0.3 is 0 Å². The molecule has 0 saturated heterocycles. The Labute approximate surface area is 201 Å². The third-order valence-electron chi connectivity index (χ3n) is 4.58. The molecule has 0 aliphatic heterocycles. The zero-order valence-corrected chi connectivity index (χ0v) is 19.9. The van der Waals surface area contributed by atoms with Crippen molar-refractivity contribution in [3.8, 4) is 0 Å². The standard InChI is InChI=1S/C22H25N9S2/c1-2-13-33-22-27-19(24-11-12-25-21(32)26-17-9-6-10-23-14-17)18-20(28-22)31(30-29-18)15-16-7-4-3-5-8-16/h3-10,14H,2,11-13,15H2,1H3,(H,24,27,28)(H2,25,26,32). The minimum absolute atomic E-state index is 0.533. The monoisotopic (exact) mass is 479 g/mol. The summed E-state index contributed by atoms with van der Waals surface area (Å²) in [6, 6.07) is 13.9. The van der Waals surface area contributed by atoms with E-state index in [-0.39, 0.29) is 0 Å². The van der Waals surface area contributed by atoms with Gasteiger partial charge in [0, 0.05) is 25.0 Å². The van der Waals surface area contributed by atoms with Crippen molar-refractivity contribution < 1.29 is 0 Å². The fourth-order valence-corrected chi connectivity index (χ4v) is 3.96. The zero-order valence-electron chi connectivity index (χ0n) is 18.2. The Morgan fingerprint density at radius 3 is 2.76 bits per heavy atom. The van der Waals surface area contributed by atoms with Crippen LogP contribution in [0.15, 0.2) is 60.0 Å². The molecule has 11 heteroatoms. The molecule has 0 unspecified atom stereocenters. The van der Waals surface area contributed by atoms with E-state index in [0.717, 1.165) is 29.1 Å². The van der Waals surface area contributed by atoms with Crippen molar-refractivity contribution in [1.82, 2.24) is 35.3 Å². The molecule has 0 radical (unpaired) electrons. The van der Waals surface area contributed by atoms with Gasteiger partial charge in [0.25, 0.3) is 0 Å². The second-order valence-corrected chi connectivity index (χ2v) is 8.63. The van der Waals surface area contributed by atoms with Gasteiger partial charge in [-0.05, 0) is 36.3 Å². The van der Waals surface area contributed by atoms with Crippen LogP contribution in [0.2, 0.25) is 0 Å². The summed E-state index contributed by atoms with van der Waals surface area (Å²) in [5.74, 6) is 1.62. The van der Waals surface area contributed by atoms with E-state index in [1.54, 1.807) is 24.2 Å². The van der Waals surface area contributed by atoms with E-state index in [9.17, 15) is 0 Å². The van der Waals surface area contributed by atoms with E-state index < -0.39 is 0 Å². The first kappa shape index (κ1) is 22.9. The number of anilines is 2. The molecule has 3 N–H and O–H groups in total. The number of hydrogen-bond donors (Lipinski definition) is 3. The molecule has 4 rings (SSSR count). The molecule has 0 fully saturated rings. The second-order valence-electron chi connectivity index (χ2n) is 7.16. The predicted octanol–water partition coefficient (Wildman–Crippen LogP) is 3.57. The Kier molecular flexibility index (Phi) is 7.99. The van der Waals surface area contributed by atoms with Gasteiger partial charge in [-0.25, -0.2) is 14.6 Å². The van der Waals surface area contributed by atoms with E-state index >= 15 is 0 Å². The molecule has 9 nitrogen and oxygen atoms in total. The van der Waals surface area contributed by atoms with Crippen molar-refractivity contribution in [2.24, 2.45) is 0 Å². The molecular formula is C22H25N9S2. The molecule has 3 heterocycles. The maximum absolute atomic E-state index is 5.34. The molecule has 0 spiro atoms. The van der Waals surface area contributed by atoms with Crippen molar-refractivity contribution in [2.45, 2.75) is 25.0 Å². The number of rotatable bonds is 10. The molecule has 33 heavy (non-hydrogen) atoms. The molecule has 0 amide bonds. The van der Waals surface area contributed by atoms with Gasteiger partial charge in [0.1, 0.15) is 0 Å². The van der Waals surface area contributed by atoms with Crippen LogP contribution in [-0.2, 0) is 6.54 Å². The van der Waals surface area contributed by atoms with Crippen LogP contribution in [-0.4, -0.2) is 53.9 Å². The van der Waals surface area contributed by atoms with Gasteiger partial charge in [0.15, 0.2) is 27.3 Å². The molecule has 0 aliphatic carbocycles. The SMILES string of the molecule is CCCSc1nc(NCCNC(=S)Nc2cccnc2)c2nnn(Cc3ccccc3)c2n1. The van der Waals surface area contributed by atoms with E-state index in [2.05, 4.69) is 55.3 Å². The first-order valence-electron chi connectivity index (χ1n) is 10.7. The van der Waals surface area contributed by atoms with Crippen LogP contribution in [0.1, 0.15) is 18.9 Å². The van der Waals surface area contributed by atoms with Crippen molar-refractivity contribution in [3.05, 3.63) is 60.4 Å². The average Bonchev–Trinajstić information content (AvgIpc) is 3.24. The van der Waals surface area contributed by atoms with Gasteiger partial charge in [-0.15, -0.1) is 5.10 Å². The molecule has 0 atom stereocenters. The Hall–Kier alpha value is -3.31. The largest absolute Gasteiger partial charge is 0.366 e. The van der Waals surface area contributed by atoms with Crippen LogP contribution in [0.4, 0.5) is 11.5 Å². The van der Waals surface area contributed by atoms with Crippen LogP contribution in [0.5, 0.6) is 0 Å². The first-order chi connectivity index (χ1) is 16.2. The highest BCUT2D eigenvalue weighted by Gasteiger charge is 2.15. The summed E-state index contributed by atoms with van der Waals surface area (Å²) in [4.78, 5) is 13.5. The summed E-state index contributed by atoms with van der Waals surface area (Å²) in [5, 5.41) is 19.6. The minimum Gasteiger partial charge on any atom is -0.366 e. The molecule has 1 aromatic carbocycles. The van der Waals surface area contributed by atoms with E-state index in [0.29, 0.717) is 41.2 Å². The van der Waals surface area contributed by atoms with E-state index in [1.807, 2.05) is 35.0 Å². The quantitative estimate of drug-likeness (QED) is 0.135. The lowest BCUT2D eigenvalue weighted by atomic mass is 10.2. The summed E-state index contributed by atoms with van der Waals surface area (Å²) in [5.41, 5.74) is 3.35. The fraction of sp³-hybridized carbons (Fsp3) is 0.273. The maximum Gasteiger partial charge on any atom is 0.191 e. The lowest BCUT2D eigenvalue weighted by Gasteiger charge is -2.11. The highest BCUT2D eigenvalue weighted by molar-refractivity contribution is 7.99. The lowest BCUT2D eigenvalue weighted by Crippen LogP contribution is -2.32. The van der Waals surface area contributed by atoms with Crippen molar-refractivity contribution in [1.29, 1.82) is 0 Å². The lowest BCUT2D eigenvalue weighted by molar-refractivity contribution is 0.661. The number of aromatic nitrogens is 6. The van der Waals surface area contributed by atoms with Crippen LogP contribution >= 0.6 is 24.0 Å². The molecule has 0 bridgehead atoms. The molecule has 0 saturated carbocycles. The normalized spacial score (nSPS) is 10.8. The Morgan fingerprint density at radius 1 is 1.09 bits per heavy atom. The van der Waals surface area contributed by atoms with Gasteiger partial charge in [0.05, 0.1) is 18.4 Å². The van der Waals surface area contributed by atoms with Crippen LogP contribution in [0, 0.1) is 0 Å². The van der Waals surface area contributed by atoms with Crippen molar-refractivity contribution >= 4 is 51.8 Å². The molecule has 0 aliphatic rings. The number of nitrogens with one attached hydrogen (secondary N) is 3. The van der Waals surface area contributed by atoms with Crippen LogP contribution in [0.3, 0.4) is 0 Å². The maximum atomic E-state index is 5.34. The number of thiocarbonyl (C=S) groups is 1. The summed E-state index contributed by atoms with van der Waals surface area (Å²) in [7, 11) is 0. The number of fused-ring (bicyclic) bond motifs is 1. The predicted molar refractivity (Wildman–Crippen MR) is 137 cm³/mol. The molecule has 4 aromatic rings. The minimum atomic E-state index is 0.533. The van der Waals surface area contributed by atoms with Gasteiger partial charge in [-0.3, -0.25) is 4.98 Å². The number of nitrogens with zero attached hydrogens (tertiary/aromatic N) is 6. The Bertz CT molecular complexity index is 1180. The Balaban J connectivity index is 1.43. The van der Waals surface area contributed by atoms with E-state index in [1.165, 1.54) is 0 Å². The summed E-state index contributed by atoms with van der Waals surface area (Å²) >= 11 is 6.97. The summed E-state index contributed by atoms with van der Waals surface area (Å²) in [6.45, 7) is 3.94. The van der Waals surface area contributed by atoms with Gasteiger partial charge in [-0.2, -0.15) is 0 Å². The molecule has 170 valence electrons. The van der Waals surface area contributed by atoms with Gasteiger partial charge < -0.3 is 16.0 Å². The number of hydrogen-bond acceptors (Lipinski definition) is 8. The van der Waals surface area contributed by atoms with Crippen molar-refractivity contribution in [2.75, 3.05) is 29.5 Å². The van der Waals surface area contributed by atoms with Crippen LogP contribution in [0.25, 0.3) is 11.2 Å². The summed E-state index contributed by atoms with van der Waals surface area (Å²) in [6.07, 6.45) is 4.48. The second kappa shape index (κ2) is 11.5. The van der Waals surface area contributed by atoms with E-state index in [4.69, 9.17) is 17.2 Å². The van der Waals surface area contributed by atoms with Gasteiger partial charge in [0.2, 0.25) is 0 Å². The van der Waals surface area contributed by atoms with Crippen LogP contribution < -0.4 is 16.0 Å². The first-order valence-corrected chi connectivity index (χ1v) is 12.1. The van der Waals surface area contributed by atoms with Gasteiger partial charge in [-0.1, -0.05) is 54.2 Å². The zero-order chi connectivity index (χ0) is 22.9. The number of benzene rings is 1. The average molecular weight is 480 g/mol.